The van der Waals surface area contributed by atoms with Crippen LogP contribution in [0.1, 0.15) is 27.7 Å². The third kappa shape index (κ3) is 1.31. The maximum absolute atomic E-state index is 11.8. The molecule has 0 aromatic carbocycles. The Morgan fingerprint density at radius 2 is 2.00 bits per heavy atom. The van der Waals surface area contributed by atoms with Crippen molar-refractivity contribution in [3.63, 3.8) is 0 Å². The highest BCUT2D eigenvalue weighted by molar-refractivity contribution is 5.87. The first-order valence-electron chi connectivity index (χ1n) is 4.96. The lowest BCUT2D eigenvalue weighted by Crippen LogP contribution is -2.33. The maximum Gasteiger partial charge on any atom is 0.227 e. The van der Waals surface area contributed by atoms with Crippen molar-refractivity contribution in [2.75, 3.05) is 6.54 Å². The van der Waals surface area contributed by atoms with Crippen LogP contribution in [0.5, 0.6) is 0 Å². The SMILES string of the molecule is CC1C(C)(C)C1(C)C(=O)NCC=CO. The molecule has 0 spiro atoms. The van der Waals surface area contributed by atoms with Crippen LogP contribution in [0.25, 0.3) is 0 Å². The summed E-state index contributed by atoms with van der Waals surface area (Å²) in [4.78, 5) is 11.8. The van der Waals surface area contributed by atoms with Crippen molar-refractivity contribution >= 4 is 5.91 Å². The van der Waals surface area contributed by atoms with Gasteiger partial charge in [0.15, 0.2) is 0 Å². The van der Waals surface area contributed by atoms with Crippen LogP contribution < -0.4 is 5.32 Å². The van der Waals surface area contributed by atoms with Crippen LogP contribution in [-0.4, -0.2) is 17.6 Å². The molecule has 2 unspecified atom stereocenters. The van der Waals surface area contributed by atoms with Crippen LogP contribution in [-0.2, 0) is 4.79 Å². The number of aliphatic hydroxyl groups excluding tert-OH is 1. The van der Waals surface area contributed by atoms with Gasteiger partial charge in [0.05, 0.1) is 11.7 Å². The first-order chi connectivity index (χ1) is 6.39. The highest BCUT2D eigenvalue weighted by Crippen LogP contribution is 2.68. The van der Waals surface area contributed by atoms with E-state index in [1.165, 1.54) is 6.08 Å². The van der Waals surface area contributed by atoms with Gasteiger partial charge >= 0.3 is 0 Å². The van der Waals surface area contributed by atoms with E-state index in [2.05, 4.69) is 26.1 Å². The number of carbonyl (C=O) groups excluding carboxylic acids is 1. The van der Waals surface area contributed by atoms with E-state index in [9.17, 15) is 4.79 Å². The number of nitrogens with one attached hydrogen (secondary N) is 1. The minimum Gasteiger partial charge on any atom is -0.516 e. The normalized spacial score (nSPS) is 34.4. The van der Waals surface area contributed by atoms with Crippen molar-refractivity contribution in [2.24, 2.45) is 16.7 Å². The maximum atomic E-state index is 11.8. The Bertz CT molecular complexity index is 270. The molecule has 2 N–H and O–H groups in total. The highest BCUT2D eigenvalue weighted by Gasteiger charge is 2.69. The molecule has 80 valence electrons. The Hall–Kier alpha value is -0.990. The number of hydrogen-bond donors (Lipinski definition) is 2. The zero-order valence-corrected chi connectivity index (χ0v) is 9.29. The van der Waals surface area contributed by atoms with Gasteiger partial charge in [-0.25, -0.2) is 0 Å². The Labute approximate surface area is 85.2 Å². The molecule has 1 rings (SSSR count). The van der Waals surface area contributed by atoms with Gasteiger partial charge in [0, 0.05) is 6.54 Å². The summed E-state index contributed by atoms with van der Waals surface area (Å²) in [6, 6.07) is 0. The Morgan fingerprint density at radius 3 is 2.36 bits per heavy atom. The summed E-state index contributed by atoms with van der Waals surface area (Å²) >= 11 is 0. The van der Waals surface area contributed by atoms with Gasteiger partial charge in [0.1, 0.15) is 0 Å². The highest BCUT2D eigenvalue weighted by atomic mass is 16.2. The lowest BCUT2D eigenvalue weighted by atomic mass is 9.97. The third-order valence-electron chi connectivity index (χ3n) is 4.16. The molecule has 1 aliphatic carbocycles. The van der Waals surface area contributed by atoms with E-state index in [1.807, 2.05) is 6.92 Å². The average Bonchev–Trinajstić information content (AvgIpc) is 2.52. The molecule has 0 radical (unpaired) electrons. The van der Waals surface area contributed by atoms with Crippen molar-refractivity contribution in [2.45, 2.75) is 27.7 Å². The van der Waals surface area contributed by atoms with Gasteiger partial charge in [-0.2, -0.15) is 0 Å². The number of rotatable bonds is 3. The fourth-order valence-electron chi connectivity index (χ4n) is 2.15. The Kier molecular flexibility index (Phi) is 2.61. The van der Waals surface area contributed by atoms with Crippen LogP contribution in [0.4, 0.5) is 0 Å². The second-order valence-electron chi connectivity index (χ2n) is 4.74. The molecule has 1 amide bonds. The van der Waals surface area contributed by atoms with Gasteiger partial charge in [-0.15, -0.1) is 0 Å². The van der Waals surface area contributed by atoms with Crippen molar-refractivity contribution in [3.05, 3.63) is 12.3 Å². The Balaban J connectivity index is 2.55. The van der Waals surface area contributed by atoms with Gasteiger partial charge in [-0.3, -0.25) is 4.79 Å². The standard InChI is InChI=1S/C11H19NO2/c1-8-10(2,3)11(8,4)9(14)12-6-5-7-13/h5,7-8,13H,6H2,1-4H3,(H,12,14). The molecule has 2 atom stereocenters. The molecule has 14 heavy (non-hydrogen) atoms. The summed E-state index contributed by atoms with van der Waals surface area (Å²) in [6.07, 6.45) is 2.46. The minimum atomic E-state index is -0.254. The van der Waals surface area contributed by atoms with E-state index >= 15 is 0 Å². The molecular formula is C11H19NO2. The number of hydrogen-bond acceptors (Lipinski definition) is 2. The van der Waals surface area contributed by atoms with Gasteiger partial charge < -0.3 is 10.4 Å². The van der Waals surface area contributed by atoms with Crippen LogP contribution in [0.2, 0.25) is 0 Å². The zero-order valence-electron chi connectivity index (χ0n) is 9.29. The fourth-order valence-corrected chi connectivity index (χ4v) is 2.15. The molecule has 1 saturated carbocycles. The van der Waals surface area contributed by atoms with Crippen LogP contribution >= 0.6 is 0 Å². The van der Waals surface area contributed by atoms with E-state index in [0.717, 1.165) is 6.26 Å². The summed E-state index contributed by atoms with van der Waals surface area (Å²) in [5, 5.41) is 11.2. The second kappa shape index (κ2) is 3.30. The lowest BCUT2D eigenvalue weighted by molar-refractivity contribution is -0.126. The molecule has 0 aromatic rings. The molecular weight excluding hydrogens is 178 g/mol. The van der Waals surface area contributed by atoms with Crippen LogP contribution in [0.15, 0.2) is 12.3 Å². The van der Waals surface area contributed by atoms with Gasteiger partial charge in [-0.05, 0) is 24.3 Å². The first kappa shape index (κ1) is 11.1. The van der Waals surface area contributed by atoms with Crippen LogP contribution in [0, 0.1) is 16.7 Å². The molecule has 1 aliphatic rings. The smallest absolute Gasteiger partial charge is 0.227 e. The Morgan fingerprint density at radius 1 is 1.50 bits per heavy atom. The van der Waals surface area contributed by atoms with Crippen molar-refractivity contribution in [1.82, 2.24) is 5.32 Å². The molecule has 0 aliphatic heterocycles. The van der Waals surface area contributed by atoms with E-state index in [-0.39, 0.29) is 16.7 Å². The first-order valence-corrected chi connectivity index (χ1v) is 4.96. The molecule has 1 fully saturated rings. The van der Waals surface area contributed by atoms with Gasteiger partial charge in [0.2, 0.25) is 5.91 Å². The van der Waals surface area contributed by atoms with Gasteiger partial charge in [0.25, 0.3) is 0 Å². The topological polar surface area (TPSA) is 49.3 Å². The fraction of sp³-hybridized carbons (Fsp3) is 0.727. The minimum absolute atomic E-state index is 0.0769. The monoisotopic (exact) mass is 197 g/mol. The van der Waals surface area contributed by atoms with E-state index in [0.29, 0.717) is 12.5 Å². The summed E-state index contributed by atoms with van der Waals surface area (Å²) in [5.74, 6) is 0.487. The summed E-state index contributed by atoms with van der Waals surface area (Å²) in [5.41, 5.74) is -0.170. The third-order valence-corrected chi connectivity index (χ3v) is 4.16. The zero-order chi connectivity index (χ0) is 11.0. The second-order valence-corrected chi connectivity index (χ2v) is 4.74. The summed E-state index contributed by atoms with van der Waals surface area (Å²) in [7, 11) is 0. The summed E-state index contributed by atoms with van der Waals surface area (Å²) < 4.78 is 0. The van der Waals surface area contributed by atoms with Crippen LogP contribution in [0.3, 0.4) is 0 Å². The molecule has 0 aromatic heterocycles. The van der Waals surface area contributed by atoms with Gasteiger partial charge in [-0.1, -0.05) is 20.8 Å². The van der Waals surface area contributed by atoms with Crippen molar-refractivity contribution in [1.29, 1.82) is 0 Å². The largest absolute Gasteiger partial charge is 0.516 e. The number of aliphatic hydroxyl groups is 1. The van der Waals surface area contributed by atoms with E-state index in [1.54, 1.807) is 0 Å². The van der Waals surface area contributed by atoms with E-state index in [4.69, 9.17) is 5.11 Å². The predicted molar refractivity (Wildman–Crippen MR) is 55.8 cm³/mol. The number of carbonyl (C=O) groups is 1. The number of amides is 1. The molecule has 3 nitrogen and oxygen atoms in total. The average molecular weight is 197 g/mol. The molecule has 0 heterocycles. The molecule has 3 heteroatoms. The van der Waals surface area contributed by atoms with E-state index < -0.39 is 0 Å². The summed E-state index contributed by atoms with van der Waals surface area (Å²) in [6.45, 7) is 8.71. The molecule has 0 saturated heterocycles. The van der Waals surface area contributed by atoms with Crippen molar-refractivity contribution in [3.8, 4) is 0 Å². The quantitative estimate of drug-likeness (QED) is 0.678. The molecule has 0 bridgehead atoms. The predicted octanol–water partition coefficient (Wildman–Crippen LogP) is 1.86. The lowest BCUT2D eigenvalue weighted by Gasteiger charge is -2.13. The van der Waals surface area contributed by atoms with Crippen molar-refractivity contribution < 1.29 is 9.90 Å².